The van der Waals surface area contributed by atoms with Gasteiger partial charge in [0.2, 0.25) is 0 Å². The number of hydrogen-bond donors (Lipinski definition) is 1. The lowest BCUT2D eigenvalue weighted by molar-refractivity contribution is 0.666. The topological polar surface area (TPSA) is 38.9 Å². The molecule has 1 unspecified atom stereocenters. The van der Waals surface area contributed by atoms with Gasteiger partial charge in [0, 0.05) is 18.4 Å². The van der Waals surface area contributed by atoms with E-state index in [9.17, 15) is 0 Å². The number of aryl methyl sites for hydroxylation is 1. The standard InChI is InChI=1S/C15H18N2/c1-12(16)2-3-13-4-6-14(7-5-13)15-8-10-17-11-9-15/h4-12H,2-3,16H2,1H3. The van der Waals surface area contributed by atoms with E-state index in [1.807, 2.05) is 31.5 Å². The zero-order valence-electron chi connectivity index (χ0n) is 10.1. The number of pyridine rings is 1. The van der Waals surface area contributed by atoms with Gasteiger partial charge in [0.15, 0.2) is 0 Å². The molecule has 2 rings (SSSR count). The van der Waals surface area contributed by atoms with Crippen molar-refractivity contribution in [3.8, 4) is 11.1 Å². The third-order valence-corrected chi connectivity index (χ3v) is 2.86. The fraction of sp³-hybridized carbons (Fsp3) is 0.267. The molecule has 0 aliphatic carbocycles. The Bertz CT molecular complexity index is 446. The smallest absolute Gasteiger partial charge is 0.0273 e. The van der Waals surface area contributed by atoms with Crippen molar-refractivity contribution in [3.63, 3.8) is 0 Å². The van der Waals surface area contributed by atoms with Crippen LogP contribution >= 0.6 is 0 Å². The molecule has 2 heteroatoms. The fourth-order valence-corrected chi connectivity index (χ4v) is 1.80. The van der Waals surface area contributed by atoms with E-state index in [1.54, 1.807) is 0 Å². The van der Waals surface area contributed by atoms with Crippen LogP contribution in [0.1, 0.15) is 18.9 Å². The Balaban J connectivity index is 2.08. The number of hydrogen-bond acceptors (Lipinski definition) is 2. The lowest BCUT2D eigenvalue weighted by Gasteiger charge is -2.06. The van der Waals surface area contributed by atoms with Crippen molar-refractivity contribution in [1.29, 1.82) is 0 Å². The minimum atomic E-state index is 0.273. The van der Waals surface area contributed by atoms with Gasteiger partial charge in [-0.05, 0) is 48.6 Å². The molecule has 0 aliphatic rings. The molecule has 0 fully saturated rings. The van der Waals surface area contributed by atoms with E-state index < -0.39 is 0 Å². The summed E-state index contributed by atoms with van der Waals surface area (Å²) >= 11 is 0. The quantitative estimate of drug-likeness (QED) is 0.870. The minimum absolute atomic E-state index is 0.273. The predicted molar refractivity (Wildman–Crippen MR) is 71.6 cm³/mol. The Morgan fingerprint density at radius 1 is 1.00 bits per heavy atom. The maximum absolute atomic E-state index is 5.75. The molecule has 0 saturated heterocycles. The lowest BCUT2D eigenvalue weighted by atomic mass is 10.0. The molecule has 0 aliphatic heterocycles. The molecule has 0 spiro atoms. The van der Waals surface area contributed by atoms with Crippen LogP contribution in [0.4, 0.5) is 0 Å². The molecule has 1 aromatic heterocycles. The molecule has 0 amide bonds. The van der Waals surface area contributed by atoms with Crippen molar-refractivity contribution < 1.29 is 0 Å². The first-order valence-electron chi connectivity index (χ1n) is 6.00. The highest BCUT2D eigenvalue weighted by Gasteiger charge is 1.99. The van der Waals surface area contributed by atoms with Gasteiger partial charge in [-0.25, -0.2) is 0 Å². The van der Waals surface area contributed by atoms with Crippen molar-refractivity contribution >= 4 is 0 Å². The summed E-state index contributed by atoms with van der Waals surface area (Å²) in [5.41, 5.74) is 9.54. The second-order valence-electron chi connectivity index (χ2n) is 4.45. The van der Waals surface area contributed by atoms with Crippen LogP contribution in [0, 0.1) is 0 Å². The average molecular weight is 226 g/mol. The SMILES string of the molecule is CC(N)CCc1ccc(-c2ccncc2)cc1. The van der Waals surface area contributed by atoms with Crippen molar-refractivity contribution in [2.45, 2.75) is 25.8 Å². The molecule has 0 bridgehead atoms. The van der Waals surface area contributed by atoms with Gasteiger partial charge in [-0.1, -0.05) is 24.3 Å². The molecule has 1 aromatic carbocycles. The summed E-state index contributed by atoms with van der Waals surface area (Å²) in [7, 11) is 0. The summed E-state index contributed by atoms with van der Waals surface area (Å²) in [5, 5.41) is 0. The van der Waals surface area contributed by atoms with Crippen molar-refractivity contribution in [2.24, 2.45) is 5.73 Å². The Kier molecular flexibility index (Phi) is 3.89. The van der Waals surface area contributed by atoms with Crippen LogP contribution in [0.15, 0.2) is 48.8 Å². The minimum Gasteiger partial charge on any atom is -0.328 e. The maximum Gasteiger partial charge on any atom is 0.0273 e. The Morgan fingerprint density at radius 2 is 1.59 bits per heavy atom. The molecular weight excluding hydrogens is 208 g/mol. The maximum atomic E-state index is 5.75. The number of benzene rings is 1. The van der Waals surface area contributed by atoms with E-state index in [-0.39, 0.29) is 6.04 Å². The third-order valence-electron chi connectivity index (χ3n) is 2.86. The number of nitrogens with two attached hydrogens (primary N) is 1. The van der Waals surface area contributed by atoms with Crippen LogP contribution in [-0.2, 0) is 6.42 Å². The van der Waals surface area contributed by atoms with Gasteiger partial charge in [0.25, 0.3) is 0 Å². The highest BCUT2D eigenvalue weighted by Crippen LogP contribution is 2.19. The second kappa shape index (κ2) is 5.60. The highest BCUT2D eigenvalue weighted by molar-refractivity contribution is 5.62. The molecular formula is C15H18N2. The summed E-state index contributed by atoms with van der Waals surface area (Å²) in [6, 6.07) is 13.0. The van der Waals surface area contributed by atoms with Crippen LogP contribution in [0.3, 0.4) is 0 Å². The first kappa shape index (κ1) is 11.8. The van der Waals surface area contributed by atoms with Crippen molar-refractivity contribution in [3.05, 3.63) is 54.4 Å². The fourth-order valence-electron chi connectivity index (χ4n) is 1.80. The Morgan fingerprint density at radius 3 is 2.18 bits per heavy atom. The molecule has 1 atom stereocenters. The van der Waals surface area contributed by atoms with E-state index in [0.29, 0.717) is 0 Å². The molecule has 2 aromatic rings. The van der Waals surface area contributed by atoms with Crippen LogP contribution in [0.5, 0.6) is 0 Å². The zero-order valence-corrected chi connectivity index (χ0v) is 10.1. The first-order valence-corrected chi connectivity index (χ1v) is 6.00. The largest absolute Gasteiger partial charge is 0.328 e. The number of rotatable bonds is 4. The molecule has 1 heterocycles. The molecule has 88 valence electrons. The van der Waals surface area contributed by atoms with Gasteiger partial charge in [-0.2, -0.15) is 0 Å². The molecule has 0 radical (unpaired) electrons. The molecule has 0 saturated carbocycles. The van der Waals surface area contributed by atoms with Crippen molar-refractivity contribution in [1.82, 2.24) is 4.98 Å². The van der Waals surface area contributed by atoms with E-state index >= 15 is 0 Å². The molecule has 17 heavy (non-hydrogen) atoms. The van der Waals surface area contributed by atoms with Crippen LogP contribution in [0.25, 0.3) is 11.1 Å². The highest BCUT2D eigenvalue weighted by atomic mass is 14.6. The monoisotopic (exact) mass is 226 g/mol. The van der Waals surface area contributed by atoms with Crippen LogP contribution in [0.2, 0.25) is 0 Å². The molecule has 2 nitrogen and oxygen atoms in total. The summed E-state index contributed by atoms with van der Waals surface area (Å²) in [5.74, 6) is 0. The number of aromatic nitrogens is 1. The van der Waals surface area contributed by atoms with E-state index in [4.69, 9.17) is 5.73 Å². The average Bonchev–Trinajstić information content (AvgIpc) is 2.38. The van der Waals surface area contributed by atoms with Gasteiger partial charge in [0.05, 0.1) is 0 Å². The summed E-state index contributed by atoms with van der Waals surface area (Å²) < 4.78 is 0. The van der Waals surface area contributed by atoms with Crippen LogP contribution in [-0.4, -0.2) is 11.0 Å². The number of nitrogens with zero attached hydrogens (tertiary/aromatic N) is 1. The molecule has 2 N–H and O–H groups in total. The van der Waals surface area contributed by atoms with Crippen molar-refractivity contribution in [2.75, 3.05) is 0 Å². The van der Waals surface area contributed by atoms with Crippen LogP contribution < -0.4 is 5.73 Å². The van der Waals surface area contributed by atoms with E-state index in [2.05, 4.69) is 29.2 Å². The van der Waals surface area contributed by atoms with Gasteiger partial charge >= 0.3 is 0 Å². The third kappa shape index (κ3) is 3.40. The van der Waals surface area contributed by atoms with E-state index in [0.717, 1.165) is 12.8 Å². The van der Waals surface area contributed by atoms with E-state index in [1.165, 1.54) is 16.7 Å². The first-order chi connectivity index (χ1) is 8.25. The second-order valence-corrected chi connectivity index (χ2v) is 4.45. The predicted octanol–water partition coefficient (Wildman–Crippen LogP) is 3.03. The zero-order chi connectivity index (χ0) is 12.1. The summed E-state index contributed by atoms with van der Waals surface area (Å²) in [6.45, 7) is 2.05. The van der Waals surface area contributed by atoms with Gasteiger partial charge < -0.3 is 5.73 Å². The Hall–Kier alpha value is -1.67. The normalized spacial score (nSPS) is 12.4. The van der Waals surface area contributed by atoms with Gasteiger partial charge in [0.1, 0.15) is 0 Å². The van der Waals surface area contributed by atoms with Gasteiger partial charge in [-0.3, -0.25) is 4.98 Å². The summed E-state index contributed by atoms with van der Waals surface area (Å²) in [4.78, 5) is 4.02. The lowest BCUT2D eigenvalue weighted by Crippen LogP contribution is -2.15. The summed E-state index contributed by atoms with van der Waals surface area (Å²) in [6.07, 6.45) is 5.72. The van der Waals surface area contributed by atoms with Gasteiger partial charge in [-0.15, -0.1) is 0 Å². The Labute approximate surface area is 103 Å².